The lowest BCUT2D eigenvalue weighted by atomic mass is 10.1. The normalized spacial score (nSPS) is 17.9. The molecule has 2 aromatic carbocycles. The molecule has 128 valence electrons. The maximum Gasteiger partial charge on any atom is 0.204 e. The van der Waals surface area contributed by atoms with Crippen LogP contribution in [0.3, 0.4) is 0 Å². The molecule has 0 unspecified atom stereocenters. The summed E-state index contributed by atoms with van der Waals surface area (Å²) in [5.41, 5.74) is 0. The van der Waals surface area contributed by atoms with E-state index in [1.54, 1.807) is 36.4 Å². The van der Waals surface area contributed by atoms with Gasteiger partial charge in [0.25, 0.3) is 0 Å². The molecule has 24 heavy (non-hydrogen) atoms. The van der Waals surface area contributed by atoms with Gasteiger partial charge in [0, 0.05) is 11.1 Å². The van der Waals surface area contributed by atoms with Crippen molar-refractivity contribution in [1.82, 2.24) is 4.90 Å². The first-order valence-corrected chi connectivity index (χ1v) is 8.56. The minimum atomic E-state index is -0.453. The van der Waals surface area contributed by atoms with E-state index in [4.69, 9.17) is 21.1 Å². The van der Waals surface area contributed by atoms with E-state index in [1.807, 2.05) is 0 Å². The third-order valence-electron chi connectivity index (χ3n) is 4.33. The van der Waals surface area contributed by atoms with Crippen LogP contribution in [-0.4, -0.2) is 31.1 Å². The van der Waals surface area contributed by atoms with Crippen molar-refractivity contribution >= 4 is 11.6 Å². The van der Waals surface area contributed by atoms with Crippen LogP contribution in [0.1, 0.15) is 19.3 Å². The van der Waals surface area contributed by atoms with Crippen molar-refractivity contribution in [3.8, 4) is 17.2 Å². The number of halogens is 2. The van der Waals surface area contributed by atoms with Crippen LogP contribution in [0, 0.1) is 5.82 Å². The Morgan fingerprint density at radius 1 is 1.25 bits per heavy atom. The smallest absolute Gasteiger partial charge is 0.204 e. The zero-order valence-electron chi connectivity index (χ0n) is 13.7. The molecule has 1 atom stereocenters. The Balaban J connectivity index is 1.68. The number of rotatable bonds is 6. The minimum absolute atomic E-state index is 0.0968. The maximum absolute atomic E-state index is 14.2. The van der Waals surface area contributed by atoms with Crippen LogP contribution in [0.2, 0.25) is 5.02 Å². The van der Waals surface area contributed by atoms with E-state index < -0.39 is 5.82 Å². The molecule has 0 bridgehead atoms. The Hall–Kier alpha value is -1.78. The summed E-state index contributed by atoms with van der Waals surface area (Å²) in [6.07, 6.45) is 3.34. The number of benzene rings is 2. The Bertz CT molecular complexity index is 695. The number of ether oxygens (including phenoxy) is 2. The predicted molar refractivity (Wildman–Crippen MR) is 93.7 cm³/mol. The second kappa shape index (κ2) is 7.86. The van der Waals surface area contributed by atoms with Gasteiger partial charge in [0.1, 0.15) is 5.75 Å². The maximum atomic E-state index is 14.2. The van der Waals surface area contributed by atoms with E-state index in [0.29, 0.717) is 29.2 Å². The highest BCUT2D eigenvalue weighted by atomic mass is 35.5. The lowest BCUT2D eigenvalue weighted by Gasteiger charge is -2.20. The Kier molecular flexibility index (Phi) is 5.59. The van der Waals surface area contributed by atoms with Gasteiger partial charge in [-0.2, -0.15) is 0 Å². The summed E-state index contributed by atoms with van der Waals surface area (Å²) in [7, 11) is 2.13. The van der Waals surface area contributed by atoms with Gasteiger partial charge in [0.15, 0.2) is 11.6 Å². The SMILES string of the molecule is CN1CCC[C@@H]1CCOc1cccc(F)c1Oc1cccc(Cl)c1. The molecule has 1 heterocycles. The van der Waals surface area contributed by atoms with Gasteiger partial charge in [-0.15, -0.1) is 0 Å². The van der Waals surface area contributed by atoms with E-state index in [9.17, 15) is 4.39 Å². The van der Waals surface area contributed by atoms with Crippen LogP contribution in [0.25, 0.3) is 0 Å². The van der Waals surface area contributed by atoms with E-state index >= 15 is 0 Å². The molecule has 1 saturated heterocycles. The summed E-state index contributed by atoms with van der Waals surface area (Å²) < 4.78 is 25.7. The van der Waals surface area contributed by atoms with Crippen LogP contribution in [-0.2, 0) is 0 Å². The highest BCUT2D eigenvalue weighted by molar-refractivity contribution is 6.30. The summed E-state index contributed by atoms with van der Waals surface area (Å²) in [5, 5.41) is 0.538. The average molecular weight is 350 g/mol. The van der Waals surface area contributed by atoms with Crippen LogP contribution < -0.4 is 9.47 Å². The van der Waals surface area contributed by atoms with Gasteiger partial charge in [0.2, 0.25) is 5.75 Å². The molecule has 0 aliphatic carbocycles. The molecule has 1 aliphatic heterocycles. The highest BCUT2D eigenvalue weighted by Crippen LogP contribution is 2.35. The predicted octanol–water partition coefficient (Wildman–Crippen LogP) is 5.13. The lowest BCUT2D eigenvalue weighted by molar-refractivity contribution is 0.228. The lowest BCUT2D eigenvalue weighted by Crippen LogP contribution is -2.26. The summed E-state index contributed by atoms with van der Waals surface area (Å²) in [4.78, 5) is 2.35. The Labute approximate surface area is 146 Å². The summed E-state index contributed by atoms with van der Waals surface area (Å²) in [5.74, 6) is 0.536. The van der Waals surface area contributed by atoms with Crippen LogP contribution in [0.15, 0.2) is 42.5 Å². The van der Waals surface area contributed by atoms with Crippen LogP contribution >= 0.6 is 11.6 Å². The van der Waals surface area contributed by atoms with Crippen molar-refractivity contribution in [2.75, 3.05) is 20.2 Å². The van der Waals surface area contributed by atoms with Gasteiger partial charge in [-0.25, -0.2) is 4.39 Å². The van der Waals surface area contributed by atoms with Gasteiger partial charge < -0.3 is 14.4 Å². The average Bonchev–Trinajstić information content (AvgIpc) is 2.96. The van der Waals surface area contributed by atoms with Crippen molar-refractivity contribution < 1.29 is 13.9 Å². The van der Waals surface area contributed by atoms with Crippen LogP contribution in [0.5, 0.6) is 17.2 Å². The van der Waals surface area contributed by atoms with Gasteiger partial charge in [-0.1, -0.05) is 23.7 Å². The number of hydrogen-bond donors (Lipinski definition) is 0. The minimum Gasteiger partial charge on any atom is -0.489 e. The van der Waals surface area contributed by atoms with Crippen LogP contribution in [0.4, 0.5) is 4.39 Å². The first-order chi connectivity index (χ1) is 11.6. The molecule has 1 fully saturated rings. The molecule has 0 spiro atoms. The second-order valence-electron chi connectivity index (χ2n) is 6.04. The van der Waals surface area contributed by atoms with E-state index in [1.165, 1.54) is 18.9 Å². The van der Waals surface area contributed by atoms with E-state index in [-0.39, 0.29) is 5.75 Å². The molecule has 5 heteroatoms. The highest BCUT2D eigenvalue weighted by Gasteiger charge is 2.21. The molecule has 2 aromatic rings. The van der Waals surface area contributed by atoms with E-state index in [0.717, 1.165) is 13.0 Å². The molecule has 0 N–H and O–H groups in total. The zero-order valence-corrected chi connectivity index (χ0v) is 14.4. The first-order valence-electron chi connectivity index (χ1n) is 8.18. The molecule has 0 aromatic heterocycles. The van der Waals surface area contributed by atoms with Gasteiger partial charge in [-0.05, 0) is 63.2 Å². The first kappa shape index (κ1) is 17.1. The van der Waals surface area contributed by atoms with Crippen molar-refractivity contribution in [1.29, 1.82) is 0 Å². The summed E-state index contributed by atoms with van der Waals surface area (Å²) in [6.45, 7) is 1.66. The molecule has 0 amide bonds. The van der Waals surface area contributed by atoms with Crippen molar-refractivity contribution in [2.45, 2.75) is 25.3 Å². The topological polar surface area (TPSA) is 21.7 Å². The molecule has 3 nitrogen and oxygen atoms in total. The monoisotopic (exact) mass is 349 g/mol. The molecular formula is C19H21ClFNO2. The van der Waals surface area contributed by atoms with Gasteiger partial charge in [0.05, 0.1) is 6.61 Å². The summed E-state index contributed by atoms with van der Waals surface area (Å²) >= 11 is 5.95. The molecule has 3 rings (SSSR count). The van der Waals surface area contributed by atoms with Crippen molar-refractivity contribution in [2.24, 2.45) is 0 Å². The number of hydrogen-bond acceptors (Lipinski definition) is 3. The fourth-order valence-corrected chi connectivity index (χ4v) is 3.18. The van der Waals surface area contributed by atoms with E-state index in [2.05, 4.69) is 11.9 Å². The fraction of sp³-hybridized carbons (Fsp3) is 0.368. The van der Waals surface area contributed by atoms with Crippen molar-refractivity contribution in [3.05, 3.63) is 53.3 Å². The zero-order chi connectivity index (χ0) is 16.9. The number of para-hydroxylation sites is 1. The summed E-state index contributed by atoms with van der Waals surface area (Å²) in [6, 6.07) is 12.1. The molecule has 0 radical (unpaired) electrons. The molecular weight excluding hydrogens is 329 g/mol. The third-order valence-corrected chi connectivity index (χ3v) is 4.56. The van der Waals surface area contributed by atoms with Gasteiger partial charge in [-0.3, -0.25) is 0 Å². The quantitative estimate of drug-likeness (QED) is 0.721. The van der Waals surface area contributed by atoms with Gasteiger partial charge >= 0.3 is 0 Å². The fourth-order valence-electron chi connectivity index (χ4n) is 3.00. The Morgan fingerprint density at radius 2 is 2.08 bits per heavy atom. The number of likely N-dealkylation sites (tertiary alicyclic amines) is 1. The third kappa shape index (κ3) is 4.19. The molecule has 1 aliphatic rings. The number of nitrogens with zero attached hydrogens (tertiary/aromatic N) is 1. The molecule has 0 saturated carbocycles. The second-order valence-corrected chi connectivity index (χ2v) is 6.48. The largest absolute Gasteiger partial charge is 0.489 e. The standard InChI is InChI=1S/C19H21ClFNO2/c1-22-11-4-6-15(22)10-12-23-18-9-3-8-17(21)19(18)24-16-7-2-5-14(20)13-16/h2-3,5,7-9,13,15H,4,6,10-12H2,1H3/t15-/m1/s1. The Morgan fingerprint density at radius 3 is 2.83 bits per heavy atom. The van der Waals surface area contributed by atoms with Crippen molar-refractivity contribution in [3.63, 3.8) is 0 Å².